The van der Waals surface area contributed by atoms with Crippen LogP contribution in [0.4, 0.5) is 10.1 Å². The van der Waals surface area contributed by atoms with Crippen molar-refractivity contribution >= 4 is 23.2 Å². The van der Waals surface area contributed by atoms with Crippen LogP contribution in [0.15, 0.2) is 36.4 Å². The van der Waals surface area contributed by atoms with Gasteiger partial charge in [-0.2, -0.15) is 0 Å². The molecule has 5 heteroatoms. The van der Waals surface area contributed by atoms with Crippen molar-refractivity contribution < 1.29 is 13.9 Å². The second-order valence-corrected chi connectivity index (χ2v) is 6.61. The molecule has 24 heavy (non-hydrogen) atoms. The maximum absolute atomic E-state index is 13.2. The van der Waals surface area contributed by atoms with Gasteiger partial charge in [0, 0.05) is 11.1 Å². The van der Waals surface area contributed by atoms with E-state index >= 15 is 0 Å². The summed E-state index contributed by atoms with van der Waals surface area (Å²) in [5, 5.41) is 3.55. The Morgan fingerprint density at radius 2 is 1.92 bits per heavy atom. The lowest BCUT2D eigenvalue weighted by Crippen LogP contribution is -2.46. The molecule has 1 saturated carbocycles. The van der Waals surface area contributed by atoms with Crippen LogP contribution in [0, 0.1) is 12.7 Å². The van der Waals surface area contributed by atoms with Gasteiger partial charge in [-0.3, -0.25) is 4.79 Å². The van der Waals surface area contributed by atoms with Gasteiger partial charge < -0.3 is 10.1 Å². The van der Waals surface area contributed by atoms with Crippen molar-refractivity contribution in [3.8, 4) is 5.75 Å². The maximum atomic E-state index is 13.2. The molecule has 3 rings (SSSR count). The molecule has 0 atom stereocenters. The van der Waals surface area contributed by atoms with E-state index in [-0.39, 0.29) is 11.7 Å². The van der Waals surface area contributed by atoms with Crippen molar-refractivity contribution in [1.82, 2.24) is 0 Å². The summed E-state index contributed by atoms with van der Waals surface area (Å²) < 4.78 is 18.5. The summed E-state index contributed by atoms with van der Waals surface area (Å²) in [7, 11) is 1.54. The number of hydrogen-bond donors (Lipinski definition) is 1. The molecule has 1 aliphatic rings. The molecule has 126 valence electrons. The normalized spacial score (nSPS) is 15.5. The standard InChI is InChI=1S/C19H19ClFNO2/c1-12-10-16(17(24-2)11-15(12)20)22-18(23)19(8-3-9-19)13-4-6-14(21)7-5-13/h4-7,10-11H,3,8-9H2,1-2H3,(H,22,23). The minimum Gasteiger partial charge on any atom is -0.495 e. The van der Waals surface area contributed by atoms with E-state index in [9.17, 15) is 9.18 Å². The van der Waals surface area contributed by atoms with E-state index in [4.69, 9.17) is 16.3 Å². The molecular formula is C19H19ClFNO2. The summed E-state index contributed by atoms with van der Waals surface area (Å²) in [5.41, 5.74) is 1.69. The molecule has 0 radical (unpaired) electrons. The molecule has 0 unspecified atom stereocenters. The van der Waals surface area contributed by atoms with Crippen LogP contribution in [0.5, 0.6) is 5.75 Å². The Labute approximate surface area is 145 Å². The molecule has 0 spiro atoms. The molecule has 0 aromatic heterocycles. The number of benzene rings is 2. The van der Waals surface area contributed by atoms with Crippen LogP contribution in [0.2, 0.25) is 5.02 Å². The zero-order chi connectivity index (χ0) is 17.3. The molecule has 3 nitrogen and oxygen atoms in total. The summed E-state index contributed by atoms with van der Waals surface area (Å²) in [6, 6.07) is 9.68. The fourth-order valence-corrected chi connectivity index (χ4v) is 3.27. The van der Waals surface area contributed by atoms with Gasteiger partial charge in [0.15, 0.2) is 0 Å². The fourth-order valence-electron chi connectivity index (χ4n) is 3.12. The van der Waals surface area contributed by atoms with Crippen molar-refractivity contribution in [2.45, 2.75) is 31.6 Å². The molecule has 0 heterocycles. The van der Waals surface area contributed by atoms with Gasteiger partial charge in [-0.1, -0.05) is 30.2 Å². The number of amides is 1. The first-order valence-electron chi connectivity index (χ1n) is 7.88. The zero-order valence-corrected chi connectivity index (χ0v) is 14.4. The van der Waals surface area contributed by atoms with Gasteiger partial charge in [0.1, 0.15) is 11.6 Å². The molecule has 2 aromatic rings. The third-order valence-corrected chi connectivity index (χ3v) is 5.17. The molecule has 0 aliphatic heterocycles. The number of ether oxygens (including phenoxy) is 1. The average Bonchev–Trinajstić information content (AvgIpc) is 2.51. The van der Waals surface area contributed by atoms with Gasteiger partial charge in [-0.25, -0.2) is 4.39 Å². The van der Waals surface area contributed by atoms with Crippen LogP contribution in [0.3, 0.4) is 0 Å². The predicted molar refractivity (Wildman–Crippen MR) is 93.3 cm³/mol. The Morgan fingerprint density at radius 1 is 1.25 bits per heavy atom. The third kappa shape index (κ3) is 2.86. The monoisotopic (exact) mass is 347 g/mol. The quantitative estimate of drug-likeness (QED) is 0.858. The Morgan fingerprint density at radius 3 is 2.46 bits per heavy atom. The van der Waals surface area contributed by atoms with Crippen molar-refractivity contribution in [2.75, 3.05) is 12.4 Å². The van der Waals surface area contributed by atoms with E-state index in [1.54, 1.807) is 24.3 Å². The molecule has 2 aromatic carbocycles. The topological polar surface area (TPSA) is 38.3 Å². The van der Waals surface area contributed by atoms with Crippen LogP contribution in [0.25, 0.3) is 0 Å². The first kappa shape index (κ1) is 16.8. The second-order valence-electron chi connectivity index (χ2n) is 6.20. The number of halogens is 2. The van der Waals surface area contributed by atoms with Crippen molar-refractivity contribution in [3.05, 3.63) is 58.4 Å². The van der Waals surface area contributed by atoms with Crippen molar-refractivity contribution in [3.63, 3.8) is 0 Å². The van der Waals surface area contributed by atoms with Gasteiger partial charge in [0.25, 0.3) is 0 Å². The summed E-state index contributed by atoms with van der Waals surface area (Å²) in [6.45, 7) is 1.87. The van der Waals surface area contributed by atoms with Crippen LogP contribution in [-0.2, 0) is 10.2 Å². The first-order valence-corrected chi connectivity index (χ1v) is 8.26. The van der Waals surface area contributed by atoms with Gasteiger partial charge in [-0.05, 0) is 49.1 Å². The Balaban J connectivity index is 1.91. The van der Waals surface area contributed by atoms with Crippen LogP contribution in [-0.4, -0.2) is 13.0 Å². The van der Waals surface area contributed by atoms with E-state index in [0.717, 1.165) is 30.4 Å². The lowest BCUT2D eigenvalue weighted by Gasteiger charge is -2.40. The first-order chi connectivity index (χ1) is 11.5. The van der Waals surface area contributed by atoms with E-state index in [0.29, 0.717) is 16.5 Å². The smallest absolute Gasteiger partial charge is 0.235 e. The number of anilines is 1. The number of hydrogen-bond acceptors (Lipinski definition) is 2. The highest BCUT2D eigenvalue weighted by Crippen LogP contribution is 2.45. The molecule has 1 N–H and O–H groups in total. The van der Waals surface area contributed by atoms with Gasteiger partial charge in [-0.15, -0.1) is 0 Å². The number of carbonyl (C=O) groups is 1. The molecule has 1 amide bonds. The predicted octanol–water partition coefficient (Wildman–Crippen LogP) is 4.86. The summed E-state index contributed by atoms with van der Waals surface area (Å²) in [4.78, 5) is 13.0. The Kier molecular flexibility index (Phi) is 4.50. The second kappa shape index (κ2) is 6.44. The number of rotatable bonds is 4. The Hall–Kier alpha value is -2.07. The summed E-state index contributed by atoms with van der Waals surface area (Å²) in [6.07, 6.45) is 2.47. The van der Waals surface area contributed by atoms with Gasteiger partial charge in [0.05, 0.1) is 18.2 Å². The van der Waals surface area contributed by atoms with Crippen molar-refractivity contribution in [2.24, 2.45) is 0 Å². The molecule has 1 fully saturated rings. The highest BCUT2D eigenvalue weighted by Gasteiger charge is 2.45. The third-order valence-electron chi connectivity index (χ3n) is 4.77. The number of nitrogens with one attached hydrogen (secondary N) is 1. The number of carbonyl (C=O) groups excluding carboxylic acids is 1. The number of methoxy groups -OCH3 is 1. The lowest BCUT2D eigenvalue weighted by atomic mass is 9.64. The van der Waals surface area contributed by atoms with E-state index < -0.39 is 5.41 Å². The minimum absolute atomic E-state index is 0.0969. The summed E-state index contributed by atoms with van der Waals surface area (Å²) >= 11 is 6.11. The summed E-state index contributed by atoms with van der Waals surface area (Å²) in [5.74, 6) is 0.122. The van der Waals surface area contributed by atoms with Crippen molar-refractivity contribution in [1.29, 1.82) is 0 Å². The number of aryl methyl sites for hydroxylation is 1. The molecule has 0 bridgehead atoms. The van der Waals surface area contributed by atoms with Gasteiger partial charge in [0.2, 0.25) is 5.91 Å². The highest BCUT2D eigenvalue weighted by atomic mass is 35.5. The SMILES string of the molecule is COc1cc(Cl)c(C)cc1NC(=O)C1(c2ccc(F)cc2)CCC1. The Bertz CT molecular complexity index is 770. The fraction of sp³-hybridized carbons (Fsp3) is 0.316. The van der Waals surface area contributed by atoms with Crippen LogP contribution >= 0.6 is 11.6 Å². The minimum atomic E-state index is -0.605. The van der Waals surface area contributed by atoms with E-state index in [1.807, 2.05) is 6.92 Å². The maximum Gasteiger partial charge on any atom is 0.235 e. The average molecular weight is 348 g/mol. The zero-order valence-electron chi connectivity index (χ0n) is 13.7. The van der Waals surface area contributed by atoms with Crippen LogP contribution in [0.1, 0.15) is 30.4 Å². The van der Waals surface area contributed by atoms with Crippen LogP contribution < -0.4 is 10.1 Å². The van der Waals surface area contributed by atoms with Gasteiger partial charge >= 0.3 is 0 Å². The highest BCUT2D eigenvalue weighted by molar-refractivity contribution is 6.31. The largest absolute Gasteiger partial charge is 0.495 e. The molecule has 1 aliphatic carbocycles. The lowest BCUT2D eigenvalue weighted by molar-refractivity contribution is -0.124. The van der Waals surface area contributed by atoms with E-state index in [2.05, 4.69) is 5.32 Å². The van der Waals surface area contributed by atoms with E-state index in [1.165, 1.54) is 19.2 Å². The molecule has 0 saturated heterocycles. The molecular weight excluding hydrogens is 329 g/mol.